The van der Waals surface area contributed by atoms with Crippen LogP contribution in [0.2, 0.25) is 0 Å². The SMILES string of the molecule is Cc1ccc(C(=O)NC2(C)CCN(C3CCN(c4nc(C(CO)(OC5CC5)c5cc(F)cc(F)c5)c5cc(-c6cn(C)c(=O)c7[nH]ccc67)ccc5n4)CC3)CC2)cc1N1CCC(=O)NC1=O. The topological polar surface area (TPSA) is 178 Å². The first-order valence-corrected chi connectivity index (χ1v) is 23.0. The van der Waals surface area contributed by atoms with Gasteiger partial charge in [-0.1, -0.05) is 12.1 Å². The number of halogens is 2. The minimum atomic E-state index is -1.74. The summed E-state index contributed by atoms with van der Waals surface area (Å²) in [6.45, 7) is 6.37. The number of hydrogen-bond acceptors (Lipinski definition) is 10. The number of pyridine rings is 1. The molecule has 3 aliphatic heterocycles. The van der Waals surface area contributed by atoms with Gasteiger partial charge in [0.15, 0.2) is 5.60 Å². The largest absolute Gasteiger partial charge is 0.393 e. The Bertz CT molecular complexity index is 2990. The van der Waals surface area contributed by atoms with Crippen molar-refractivity contribution < 1.29 is 33.0 Å². The van der Waals surface area contributed by atoms with Crippen LogP contribution in [-0.4, -0.2) is 104 Å². The number of carbonyl (C=O) groups is 3. The van der Waals surface area contributed by atoms with E-state index in [1.807, 2.05) is 37.3 Å². The van der Waals surface area contributed by atoms with Crippen LogP contribution in [-0.2, 0) is 22.2 Å². The number of aromatic amines is 1. The molecular formula is C50H53F2N9O6. The van der Waals surface area contributed by atoms with Crippen LogP contribution in [0.25, 0.3) is 32.9 Å². The van der Waals surface area contributed by atoms with Crippen LogP contribution < -0.4 is 26.0 Å². The molecule has 1 saturated carbocycles. The first kappa shape index (κ1) is 44.3. The molecule has 3 saturated heterocycles. The molecule has 6 heterocycles. The number of aromatic nitrogens is 4. The van der Waals surface area contributed by atoms with Crippen molar-refractivity contribution >= 4 is 51.3 Å². The molecule has 10 rings (SSSR count). The van der Waals surface area contributed by atoms with Crippen molar-refractivity contribution in [3.8, 4) is 11.1 Å². The van der Waals surface area contributed by atoms with Gasteiger partial charge in [0.2, 0.25) is 11.9 Å². The van der Waals surface area contributed by atoms with E-state index in [9.17, 15) is 24.3 Å². The quantitative estimate of drug-likeness (QED) is 0.117. The summed E-state index contributed by atoms with van der Waals surface area (Å²) in [6.07, 6.45) is 7.99. The first-order chi connectivity index (χ1) is 32.2. The number of fused-ring (bicyclic) bond motifs is 2. The van der Waals surface area contributed by atoms with Crippen LogP contribution in [0.3, 0.4) is 0 Å². The predicted octanol–water partition coefficient (Wildman–Crippen LogP) is 6.18. The second-order valence-electron chi connectivity index (χ2n) is 18.8. The maximum Gasteiger partial charge on any atom is 0.328 e. The molecule has 6 aromatic rings. The summed E-state index contributed by atoms with van der Waals surface area (Å²) in [5.41, 5.74) is 2.45. The maximum atomic E-state index is 15.1. The number of ether oxygens (including phenoxy) is 1. The molecule has 0 spiro atoms. The number of aliphatic hydroxyl groups excluding tert-OH is 1. The molecule has 17 heteroatoms. The lowest BCUT2D eigenvalue weighted by atomic mass is 9.87. The van der Waals surface area contributed by atoms with Crippen molar-refractivity contribution in [1.82, 2.24) is 35.1 Å². The maximum absolute atomic E-state index is 15.1. The molecule has 0 bridgehead atoms. The standard InChI is InChI=1S/C50H53F2N9O6/c1-29-4-5-31(23-41(29)61-19-13-42(63)55-48(61)66)45(64)57-49(2)14-20-59(21-15-49)35-11-17-60(18-12-35)47-54-40-9-6-30(39-27-58(3)46(65)43-37(39)10-16-53-43)22-38(40)44(56-47)50(28-62,67-36-7-8-36)32-24-33(51)26-34(52)25-32/h4-6,9-10,16,22-27,35-36,53,62H,7-8,11-15,17-21,28H2,1-3H3,(H,57,64)(H,55,63,66). The Balaban J connectivity index is 0.895. The molecule has 348 valence electrons. The van der Waals surface area contributed by atoms with Crippen LogP contribution in [0.4, 0.5) is 25.2 Å². The van der Waals surface area contributed by atoms with Gasteiger partial charge in [-0.2, -0.15) is 0 Å². The number of anilines is 2. The van der Waals surface area contributed by atoms with Crippen molar-refractivity contribution in [2.75, 3.05) is 49.1 Å². The lowest BCUT2D eigenvalue weighted by molar-refractivity contribution is -0.120. The van der Waals surface area contributed by atoms with Crippen molar-refractivity contribution in [3.05, 3.63) is 117 Å². The van der Waals surface area contributed by atoms with E-state index < -0.39 is 35.4 Å². The average Bonchev–Trinajstić information content (AvgIpc) is 3.99. The van der Waals surface area contributed by atoms with Crippen LogP contribution in [0.1, 0.15) is 79.0 Å². The van der Waals surface area contributed by atoms with E-state index in [2.05, 4.69) is 32.3 Å². The fourth-order valence-electron chi connectivity index (χ4n) is 10.1. The number of aryl methyl sites for hydroxylation is 2. The van der Waals surface area contributed by atoms with E-state index in [1.54, 1.807) is 31.6 Å². The summed E-state index contributed by atoms with van der Waals surface area (Å²) in [5, 5.41) is 18.3. The second kappa shape index (κ2) is 17.3. The Hall–Kier alpha value is -6.56. The number of amides is 4. The Kier molecular flexibility index (Phi) is 11.4. The zero-order valence-corrected chi connectivity index (χ0v) is 37.7. The highest BCUT2D eigenvalue weighted by Crippen LogP contribution is 2.44. The number of urea groups is 1. The summed E-state index contributed by atoms with van der Waals surface area (Å²) < 4.78 is 38.4. The number of carbonyl (C=O) groups excluding carboxylic acids is 3. The summed E-state index contributed by atoms with van der Waals surface area (Å²) >= 11 is 0. The number of nitrogens with zero attached hydrogens (tertiary/aromatic N) is 6. The molecule has 3 aromatic heterocycles. The lowest BCUT2D eigenvalue weighted by Gasteiger charge is -2.45. The van der Waals surface area contributed by atoms with Crippen molar-refractivity contribution in [2.24, 2.45) is 7.05 Å². The van der Waals surface area contributed by atoms with E-state index in [4.69, 9.17) is 14.7 Å². The molecule has 1 unspecified atom stereocenters. The third-order valence-electron chi connectivity index (χ3n) is 14.1. The highest BCUT2D eigenvalue weighted by atomic mass is 19.1. The van der Waals surface area contributed by atoms with Crippen LogP contribution in [0, 0.1) is 18.6 Å². The van der Waals surface area contributed by atoms with Gasteiger partial charge in [-0.3, -0.25) is 24.6 Å². The molecule has 4 amide bonds. The van der Waals surface area contributed by atoms with Gasteiger partial charge in [-0.05, 0) is 112 Å². The molecule has 4 fully saturated rings. The molecule has 1 aliphatic carbocycles. The average molecular weight is 914 g/mol. The fourth-order valence-corrected chi connectivity index (χ4v) is 10.1. The minimum Gasteiger partial charge on any atom is -0.393 e. The summed E-state index contributed by atoms with van der Waals surface area (Å²) in [6, 6.07) is 15.8. The number of benzene rings is 3. The Labute approximate surface area is 385 Å². The number of rotatable bonds is 11. The zero-order valence-electron chi connectivity index (χ0n) is 37.7. The Morgan fingerprint density at radius 1 is 0.925 bits per heavy atom. The normalized spacial score (nSPS) is 19.2. The fraction of sp³-hybridized carbons (Fsp3) is 0.400. The third kappa shape index (κ3) is 8.44. The van der Waals surface area contributed by atoms with Crippen LogP contribution in [0.5, 0.6) is 0 Å². The van der Waals surface area contributed by atoms with Gasteiger partial charge < -0.3 is 34.5 Å². The number of nitrogens with one attached hydrogen (secondary N) is 3. The van der Waals surface area contributed by atoms with Crippen LogP contribution >= 0.6 is 0 Å². The van der Waals surface area contributed by atoms with Gasteiger partial charge >= 0.3 is 6.03 Å². The highest BCUT2D eigenvalue weighted by molar-refractivity contribution is 6.07. The number of imide groups is 1. The van der Waals surface area contributed by atoms with Gasteiger partial charge in [-0.15, -0.1) is 0 Å². The number of H-pyrrole nitrogens is 1. The second-order valence-corrected chi connectivity index (χ2v) is 18.8. The molecular weight excluding hydrogens is 861 g/mol. The van der Waals surface area contributed by atoms with E-state index in [-0.39, 0.29) is 48.0 Å². The monoisotopic (exact) mass is 913 g/mol. The van der Waals surface area contributed by atoms with E-state index in [0.29, 0.717) is 52.4 Å². The molecule has 3 aromatic carbocycles. The summed E-state index contributed by atoms with van der Waals surface area (Å²) in [5.74, 6) is -1.73. The van der Waals surface area contributed by atoms with Gasteiger partial charge in [0, 0.05) is 104 Å². The summed E-state index contributed by atoms with van der Waals surface area (Å²) in [4.78, 5) is 70.4. The molecule has 15 nitrogen and oxygen atoms in total. The number of hydrogen-bond donors (Lipinski definition) is 4. The molecule has 1 atom stereocenters. The van der Waals surface area contributed by atoms with Gasteiger partial charge in [-0.25, -0.2) is 23.5 Å². The van der Waals surface area contributed by atoms with Crippen LogP contribution in [0.15, 0.2) is 77.9 Å². The van der Waals surface area contributed by atoms with Crippen molar-refractivity contribution in [1.29, 1.82) is 0 Å². The first-order valence-electron chi connectivity index (χ1n) is 23.0. The van der Waals surface area contributed by atoms with E-state index in [0.717, 1.165) is 79.8 Å². The van der Waals surface area contributed by atoms with Gasteiger partial charge in [0.05, 0.1) is 23.9 Å². The van der Waals surface area contributed by atoms with Crippen molar-refractivity contribution in [2.45, 2.75) is 82.1 Å². The highest BCUT2D eigenvalue weighted by Gasteiger charge is 2.45. The molecule has 4 aliphatic rings. The predicted molar refractivity (Wildman–Crippen MR) is 249 cm³/mol. The van der Waals surface area contributed by atoms with Crippen molar-refractivity contribution in [3.63, 3.8) is 0 Å². The molecule has 4 N–H and O–H groups in total. The summed E-state index contributed by atoms with van der Waals surface area (Å²) in [7, 11) is 1.69. The lowest BCUT2D eigenvalue weighted by Crippen LogP contribution is -2.56. The number of likely N-dealkylation sites (tertiary alicyclic amines) is 1. The zero-order chi connectivity index (χ0) is 46.8. The van der Waals surface area contributed by atoms with Gasteiger partial charge in [0.1, 0.15) is 17.2 Å². The smallest absolute Gasteiger partial charge is 0.328 e. The third-order valence-corrected chi connectivity index (χ3v) is 14.1. The van der Waals surface area contributed by atoms with Gasteiger partial charge in [0.25, 0.3) is 11.5 Å². The molecule has 67 heavy (non-hydrogen) atoms. The van der Waals surface area contributed by atoms with E-state index in [1.165, 1.54) is 21.6 Å². The number of aliphatic hydroxyl groups is 1. The minimum absolute atomic E-state index is 0.103. The van der Waals surface area contributed by atoms with E-state index >= 15 is 8.78 Å². The Morgan fingerprint density at radius 3 is 2.37 bits per heavy atom. The number of piperidine rings is 2. The molecule has 0 radical (unpaired) electrons. The Morgan fingerprint density at radius 2 is 1.67 bits per heavy atom.